The van der Waals surface area contributed by atoms with Crippen LogP contribution < -0.4 is 19.5 Å². The zero-order chi connectivity index (χ0) is 27.8. The molecule has 2 amide bonds. The largest absolute Gasteiger partial charge is 0.454 e. The number of sulfonamides is 1. The molecule has 0 fully saturated rings. The number of carbonyl (C=O) groups is 2. The molecule has 4 rings (SSSR count). The molecule has 10 heteroatoms. The number of ether oxygens (including phenoxy) is 2. The van der Waals surface area contributed by atoms with E-state index in [1.807, 2.05) is 42.5 Å². The molecular weight excluding hydrogens is 518 g/mol. The van der Waals surface area contributed by atoms with Gasteiger partial charge >= 0.3 is 0 Å². The van der Waals surface area contributed by atoms with Gasteiger partial charge in [0, 0.05) is 26.1 Å². The van der Waals surface area contributed by atoms with Crippen LogP contribution in [0.1, 0.15) is 37.0 Å². The highest BCUT2D eigenvalue weighted by molar-refractivity contribution is 7.89. The second-order valence-electron chi connectivity index (χ2n) is 9.23. The Morgan fingerprint density at radius 1 is 0.923 bits per heavy atom. The third kappa shape index (κ3) is 7.36. The molecule has 0 saturated carbocycles. The van der Waals surface area contributed by atoms with Crippen molar-refractivity contribution in [3.8, 4) is 11.5 Å². The predicted molar refractivity (Wildman–Crippen MR) is 146 cm³/mol. The van der Waals surface area contributed by atoms with Crippen LogP contribution in [-0.4, -0.2) is 44.5 Å². The SMILES string of the molecule is CCNS(=O)(=O)c1ccc(CCC(=O)N(Cc2ccccc2)[C@@H](C)C(=O)NCc2ccc3c(c2)OCO3)cc1. The van der Waals surface area contributed by atoms with E-state index in [-0.39, 0.29) is 43.0 Å². The van der Waals surface area contributed by atoms with Crippen LogP contribution in [0.5, 0.6) is 11.5 Å². The maximum absolute atomic E-state index is 13.4. The Morgan fingerprint density at radius 2 is 1.62 bits per heavy atom. The van der Waals surface area contributed by atoms with Crippen molar-refractivity contribution in [2.24, 2.45) is 0 Å². The minimum Gasteiger partial charge on any atom is -0.454 e. The van der Waals surface area contributed by atoms with Crippen LogP contribution in [0, 0.1) is 0 Å². The molecule has 0 aromatic heterocycles. The highest BCUT2D eigenvalue weighted by atomic mass is 32.2. The summed E-state index contributed by atoms with van der Waals surface area (Å²) in [6, 6.07) is 20.8. The van der Waals surface area contributed by atoms with Crippen LogP contribution in [0.3, 0.4) is 0 Å². The van der Waals surface area contributed by atoms with Gasteiger partial charge in [-0.05, 0) is 54.3 Å². The molecule has 0 saturated heterocycles. The van der Waals surface area contributed by atoms with Crippen LogP contribution >= 0.6 is 0 Å². The van der Waals surface area contributed by atoms with E-state index in [1.54, 1.807) is 36.9 Å². The molecule has 2 N–H and O–H groups in total. The number of aryl methyl sites for hydroxylation is 1. The maximum atomic E-state index is 13.4. The van der Waals surface area contributed by atoms with Crippen molar-refractivity contribution in [2.75, 3.05) is 13.3 Å². The van der Waals surface area contributed by atoms with Gasteiger partial charge in [0.15, 0.2) is 11.5 Å². The number of fused-ring (bicyclic) bond motifs is 1. The van der Waals surface area contributed by atoms with Crippen molar-refractivity contribution in [3.05, 3.63) is 89.5 Å². The molecule has 0 unspecified atom stereocenters. The van der Waals surface area contributed by atoms with E-state index < -0.39 is 16.1 Å². The van der Waals surface area contributed by atoms with Gasteiger partial charge in [0.05, 0.1) is 4.90 Å². The number of hydrogen-bond acceptors (Lipinski definition) is 6. The molecule has 1 aliphatic heterocycles. The van der Waals surface area contributed by atoms with Gasteiger partial charge in [0.2, 0.25) is 28.6 Å². The van der Waals surface area contributed by atoms with Crippen LogP contribution in [0.4, 0.5) is 0 Å². The Bertz CT molecular complexity index is 1390. The summed E-state index contributed by atoms with van der Waals surface area (Å²) in [6.45, 7) is 4.50. The van der Waals surface area contributed by atoms with Gasteiger partial charge in [-0.2, -0.15) is 0 Å². The summed E-state index contributed by atoms with van der Waals surface area (Å²) in [5.74, 6) is 0.874. The fraction of sp³-hybridized carbons (Fsp3) is 0.310. The van der Waals surface area contributed by atoms with E-state index in [0.717, 1.165) is 16.7 Å². The van der Waals surface area contributed by atoms with E-state index in [9.17, 15) is 18.0 Å². The number of carbonyl (C=O) groups excluding carboxylic acids is 2. The summed E-state index contributed by atoms with van der Waals surface area (Å²) in [7, 11) is -3.54. The van der Waals surface area contributed by atoms with Crippen molar-refractivity contribution >= 4 is 21.8 Å². The highest BCUT2D eigenvalue weighted by Gasteiger charge is 2.26. The minimum atomic E-state index is -3.54. The first-order valence-corrected chi connectivity index (χ1v) is 14.3. The summed E-state index contributed by atoms with van der Waals surface area (Å²) in [5, 5.41) is 2.92. The van der Waals surface area contributed by atoms with Gasteiger partial charge in [-0.1, -0.05) is 55.5 Å². The van der Waals surface area contributed by atoms with Gasteiger partial charge in [0.1, 0.15) is 6.04 Å². The number of hydrogen-bond donors (Lipinski definition) is 2. The zero-order valence-corrected chi connectivity index (χ0v) is 22.9. The molecule has 3 aromatic carbocycles. The van der Waals surface area contributed by atoms with Gasteiger partial charge < -0.3 is 19.7 Å². The first kappa shape index (κ1) is 28.1. The predicted octanol–water partition coefficient (Wildman–Crippen LogP) is 3.38. The summed E-state index contributed by atoms with van der Waals surface area (Å²) >= 11 is 0. The third-order valence-electron chi connectivity index (χ3n) is 6.46. The lowest BCUT2D eigenvalue weighted by atomic mass is 10.1. The van der Waals surface area contributed by atoms with Crippen molar-refractivity contribution in [2.45, 2.75) is 50.7 Å². The average Bonchev–Trinajstić information content (AvgIpc) is 3.42. The second-order valence-corrected chi connectivity index (χ2v) is 11.0. The van der Waals surface area contributed by atoms with Crippen LogP contribution in [0.15, 0.2) is 77.7 Å². The smallest absolute Gasteiger partial charge is 0.242 e. The molecule has 1 heterocycles. The van der Waals surface area contributed by atoms with Gasteiger partial charge in [-0.3, -0.25) is 9.59 Å². The molecule has 9 nitrogen and oxygen atoms in total. The van der Waals surface area contributed by atoms with E-state index in [2.05, 4.69) is 10.0 Å². The van der Waals surface area contributed by atoms with Crippen LogP contribution in [0.25, 0.3) is 0 Å². The van der Waals surface area contributed by atoms with Crippen molar-refractivity contribution in [1.82, 2.24) is 14.9 Å². The first-order chi connectivity index (χ1) is 18.8. The van der Waals surface area contributed by atoms with E-state index in [0.29, 0.717) is 24.5 Å². The summed E-state index contributed by atoms with van der Waals surface area (Å²) in [5.41, 5.74) is 2.61. The van der Waals surface area contributed by atoms with E-state index in [1.165, 1.54) is 12.1 Å². The number of nitrogens with zero attached hydrogens (tertiary/aromatic N) is 1. The standard InChI is InChI=1S/C29H33N3O6S/c1-3-31-39(35,36)25-13-9-22(10-14-25)12-16-28(33)32(19-23-7-5-4-6-8-23)21(2)29(34)30-18-24-11-15-26-27(17-24)38-20-37-26/h4-11,13-15,17,21,31H,3,12,16,18-20H2,1-2H3,(H,30,34)/t21-/m0/s1. The summed E-state index contributed by atoms with van der Waals surface area (Å²) < 4.78 is 37.6. The molecular formula is C29H33N3O6S. The normalized spacial score (nSPS) is 13.1. The summed E-state index contributed by atoms with van der Waals surface area (Å²) in [4.78, 5) is 28.3. The van der Waals surface area contributed by atoms with Crippen molar-refractivity contribution in [3.63, 3.8) is 0 Å². The number of amides is 2. The molecule has 206 valence electrons. The highest BCUT2D eigenvalue weighted by Crippen LogP contribution is 2.32. The van der Waals surface area contributed by atoms with Gasteiger partial charge in [-0.15, -0.1) is 0 Å². The Kier molecular flexibility index (Phi) is 9.21. The van der Waals surface area contributed by atoms with Crippen molar-refractivity contribution in [1.29, 1.82) is 0 Å². The Balaban J connectivity index is 1.41. The van der Waals surface area contributed by atoms with Gasteiger partial charge in [0.25, 0.3) is 0 Å². The quantitative estimate of drug-likeness (QED) is 0.357. The Labute approximate surface area is 229 Å². The number of benzene rings is 3. The molecule has 0 radical (unpaired) electrons. The fourth-order valence-electron chi connectivity index (χ4n) is 4.25. The minimum absolute atomic E-state index is 0.172. The van der Waals surface area contributed by atoms with Crippen molar-refractivity contribution < 1.29 is 27.5 Å². The lowest BCUT2D eigenvalue weighted by Crippen LogP contribution is -2.47. The first-order valence-electron chi connectivity index (χ1n) is 12.8. The number of rotatable bonds is 12. The molecule has 0 aliphatic carbocycles. The molecule has 0 spiro atoms. The monoisotopic (exact) mass is 551 g/mol. The number of nitrogens with one attached hydrogen (secondary N) is 2. The van der Waals surface area contributed by atoms with E-state index >= 15 is 0 Å². The molecule has 1 aliphatic rings. The van der Waals surface area contributed by atoms with Crippen LogP contribution in [-0.2, 0) is 39.1 Å². The zero-order valence-electron chi connectivity index (χ0n) is 22.1. The molecule has 0 bridgehead atoms. The molecule has 39 heavy (non-hydrogen) atoms. The van der Waals surface area contributed by atoms with E-state index in [4.69, 9.17) is 9.47 Å². The second kappa shape index (κ2) is 12.8. The van der Waals surface area contributed by atoms with Gasteiger partial charge in [-0.25, -0.2) is 13.1 Å². The summed E-state index contributed by atoms with van der Waals surface area (Å²) in [6.07, 6.45) is 0.586. The third-order valence-corrected chi connectivity index (χ3v) is 8.02. The maximum Gasteiger partial charge on any atom is 0.242 e. The average molecular weight is 552 g/mol. The Hall–Kier alpha value is -3.89. The lowest BCUT2D eigenvalue weighted by molar-refractivity contribution is -0.140. The van der Waals surface area contributed by atoms with Crippen LogP contribution in [0.2, 0.25) is 0 Å². The molecule has 1 atom stereocenters. The topological polar surface area (TPSA) is 114 Å². The Morgan fingerprint density at radius 3 is 2.33 bits per heavy atom. The molecule has 3 aromatic rings. The fourth-order valence-corrected chi connectivity index (χ4v) is 5.30. The lowest BCUT2D eigenvalue weighted by Gasteiger charge is -2.29.